The first kappa shape index (κ1) is 82.8. The predicted molar refractivity (Wildman–Crippen MR) is 346 cm³/mol. The lowest BCUT2D eigenvalue weighted by molar-refractivity contribution is -0.298. The maximum Gasteiger partial charge on any atom is 0.472 e. The minimum Gasteiger partial charge on any atom is -0.457 e. The molecule has 21 heteroatoms. The Labute approximate surface area is 537 Å². The first-order valence-electron chi connectivity index (χ1n) is 35.9. The zero-order valence-corrected chi connectivity index (χ0v) is 56.8. The van der Waals surface area contributed by atoms with Crippen molar-refractivity contribution >= 4 is 31.6 Å². The van der Waals surface area contributed by atoms with Gasteiger partial charge in [-0.1, -0.05) is 272 Å². The number of rotatable bonds is 58. The molecule has 20 nitrogen and oxygen atoms in total. The van der Waals surface area contributed by atoms with E-state index >= 15 is 0 Å². The van der Waals surface area contributed by atoms with Crippen LogP contribution in [0.4, 0.5) is 0 Å². The molecule has 12 atom stereocenters. The molecule has 2 fully saturated rings. The van der Waals surface area contributed by atoms with Crippen molar-refractivity contribution < 1.29 is 87.3 Å². The molecular formula is C68H129N2O18P. The molecule has 524 valence electrons. The smallest absolute Gasteiger partial charge is 0.457 e. The van der Waals surface area contributed by atoms with Gasteiger partial charge in [-0.15, -0.1) is 0 Å². The zero-order chi connectivity index (χ0) is 65.3. The molecule has 0 aromatic heterocycles. The van der Waals surface area contributed by atoms with Gasteiger partial charge in [0.25, 0.3) is 0 Å². The highest BCUT2D eigenvalue weighted by atomic mass is 31.2. The van der Waals surface area contributed by atoms with Gasteiger partial charge in [0.05, 0.1) is 38.3 Å². The summed E-state index contributed by atoms with van der Waals surface area (Å²) in [4.78, 5) is 75.4. The van der Waals surface area contributed by atoms with Gasteiger partial charge in [-0.25, -0.2) is 4.57 Å². The van der Waals surface area contributed by atoms with E-state index in [2.05, 4.69) is 38.3 Å². The number of phosphoric ester groups is 1. The van der Waals surface area contributed by atoms with Gasteiger partial charge in [-0.05, 0) is 25.7 Å². The molecule has 9 N–H and O–H groups in total. The van der Waals surface area contributed by atoms with Crippen molar-refractivity contribution in [2.75, 3.05) is 13.2 Å². The van der Waals surface area contributed by atoms with Gasteiger partial charge in [0.15, 0.2) is 24.8 Å². The summed E-state index contributed by atoms with van der Waals surface area (Å²) in [6.07, 6.45) is 26.0. The first-order chi connectivity index (χ1) is 43.0. The standard InChI is InChI=1S/C68H129N2O18P/c1-5-9-13-17-21-25-27-31-35-39-43-47-57(74)69-62-66(86-59(76)48-44-40-36-32-28-26-22-18-14-10-6-2)64(79)56(85-68(62)88-89(80,81)82)52-83-67-61(70-58(75)49-53(72)45-41-37-33-29-23-19-15-11-7-3)65(63(78)55(51-71)84-67)87-60(77)50-54(73)46-42-38-34-30-24-20-16-12-8-4/h53-56,61-68,71-73,78-79H,5-52H2,1-4H3,(H,69,74)(H,70,75)(H2,80,81,82)/t53-,54-,55-,56-,61-,62-,63-,64-,65-,66-,67-,68-/m1/s1. The van der Waals surface area contributed by atoms with E-state index in [4.69, 9.17) is 28.2 Å². The normalized spacial score (nSPS) is 22.8. The number of hydrogen-bond donors (Lipinski definition) is 9. The van der Waals surface area contributed by atoms with Gasteiger partial charge in [-0.3, -0.25) is 23.7 Å². The lowest BCUT2D eigenvalue weighted by atomic mass is 9.95. The van der Waals surface area contributed by atoms with Crippen molar-refractivity contribution in [3.8, 4) is 0 Å². The highest BCUT2D eigenvalue weighted by molar-refractivity contribution is 7.46. The summed E-state index contributed by atoms with van der Waals surface area (Å²) >= 11 is 0. The van der Waals surface area contributed by atoms with Crippen LogP contribution in [-0.2, 0) is 52.0 Å². The lowest BCUT2D eigenvalue weighted by Crippen LogP contribution is -2.67. The summed E-state index contributed by atoms with van der Waals surface area (Å²) in [7, 11) is -5.43. The predicted octanol–water partition coefficient (Wildman–Crippen LogP) is 12.8. The fourth-order valence-corrected chi connectivity index (χ4v) is 12.5. The van der Waals surface area contributed by atoms with Crippen LogP contribution in [0.1, 0.15) is 323 Å². The average molecular weight is 1290 g/mol. The molecule has 2 saturated heterocycles. The van der Waals surface area contributed by atoms with Crippen LogP contribution in [0.15, 0.2) is 0 Å². The molecule has 0 spiro atoms. The Hall–Kier alpha value is -2.33. The van der Waals surface area contributed by atoms with E-state index < -0.39 is 125 Å². The van der Waals surface area contributed by atoms with E-state index in [1.807, 2.05) is 0 Å². The number of esters is 2. The summed E-state index contributed by atoms with van der Waals surface area (Å²) in [5, 5.41) is 61.7. The Balaban J connectivity index is 2.37. The van der Waals surface area contributed by atoms with Crippen LogP contribution in [0.2, 0.25) is 0 Å². The van der Waals surface area contributed by atoms with E-state index in [0.717, 1.165) is 116 Å². The fourth-order valence-electron chi connectivity index (χ4n) is 12.1. The molecule has 2 amide bonds. The lowest BCUT2D eigenvalue weighted by Gasteiger charge is -2.46. The molecule has 0 aliphatic carbocycles. The van der Waals surface area contributed by atoms with Crippen molar-refractivity contribution in [3.63, 3.8) is 0 Å². The minimum atomic E-state index is -5.43. The Morgan fingerprint density at radius 2 is 0.775 bits per heavy atom. The van der Waals surface area contributed by atoms with Crippen molar-refractivity contribution in [3.05, 3.63) is 0 Å². The van der Waals surface area contributed by atoms with Crippen LogP contribution in [0, 0.1) is 0 Å². The second-order valence-electron chi connectivity index (χ2n) is 25.8. The summed E-state index contributed by atoms with van der Waals surface area (Å²) in [5.41, 5.74) is 0. The Bertz CT molecular complexity index is 1820. The number of ether oxygens (including phenoxy) is 5. The van der Waals surface area contributed by atoms with Gasteiger partial charge in [0.2, 0.25) is 11.8 Å². The van der Waals surface area contributed by atoms with Gasteiger partial charge in [0.1, 0.15) is 36.5 Å². The second-order valence-corrected chi connectivity index (χ2v) is 27.0. The highest BCUT2D eigenvalue weighted by Crippen LogP contribution is 2.41. The van der Waals surface area contributed by atoms with Crippen LogP contribution in [0.5, 0.6) is 0 Å². The number of unbranched alkanes of at least 4 members (excludes halogenated alkanes) is 36. The maximum atomic E-state index is 13.9. The monoisotopic (exact) mass is 1290 g/mol. The van der Waals surface area contributed by atoms with Gasteiger partial charge in [-0.2, -0.15) is 0 Å². The molecule has 0 aromatic rings. The molecule has 2 heterocycles. The second kappa shape index (κ2) is 53.0. The number of aliphatic hydroxyl groups excluding tert-OH is 5. The molecule has 0 unspecified atom stereocenters. The number of phosphoric acid groups is 1. The SMILES string of the molecule is CCCCCCCCCCCCCC(=O)N[C@H]1[C@@H](OP(=O)(O)O)O[C@H](CO[C@@H]2O[C@H](CO)[C@@H](O)[C@H](OC(=O)C[C@H](O)CCCCCCCCCCC)[C@H]2NC(=O)C[C@H](O)CCCCCCCCCCC)[C@@H](O)[C@@H]1OC(=O)CCCCCCCCCCCCC. The Morgan fingerprint density at radius 1 is 0.438 bits per heavy atom. The number of aliphatic hydroxyl groups is 5. The van der Waals surface area contributed by atoms with Crippen LogP contribution < -0.4 is 10.6 Å². The minimum absolute atomic E-state index is 0.0164. The van der Waals surface area contributed by atoms with Crippen molar-refractivity contribution in [2.24, 2.45) is 0 Å². The van der Waals surface area contributed by atoms with Gasteiger partial charge in [0, 0.05) is 12.8 Å². The zero-order valence-electron chi connectivity index (χ0n) is 55.9. The summed E-state index contributed by atoms with van der Waals surface area (Å²) in [6.45, 7) is 7.17. The van der Waals surface area contributed by atoms with Gasteiger partial charge < -0.3 is 69.6 Å². The molecule has 89 heavy (non-hydrogen) atoms. The van der Waals surface area contributed by atoms with Gasteiger partial charge >= 0.3 is 19.8 Å². The summed E-state index contributed by atoms with van der Waals surface area (Å²) in [6, 6.07) is -3.17. The van der Waals surface area contributed by atoms with Crippen LogP contribution in [-0.4, -0.2) is 146 Å². The molecule has 0 bridgehead atoms. The molecule has 0 radical (unpaired) electrons. The van der Waals surface area contributed by atoms with E-state index in [1.54, 1.807) is 0 Å². The number of hydrogen-bond acceptors (Lipinski definition) is 16. The fraction of sp³-hybridized carbons (Fsp3) is 0.941. The first-order valence-corrected chi connectivity index (χ1v) is 37.5. The summed E-state index contributed by atoms with van der Waals surface area (Å²) < 4.78 is 47.8. The third-order valence-corrected chi connectivity index (χ3v) is 18.0. The van der Waals surface area contributed by atoms with E-state index in [9.17, 15) is 59.1 Å². The molecule has 0 aromatic carbocycles. The molecule has 2 aliphatic rings. The molecule has 2 aliphatic heterocycles. The largest absolute Gasteiger partial charge is 0.472 e. The molecular weight excluding hydrogens is 1160 g/mol. The van der Waals surface area contributed by atoms with Crippen LogP contribution in [0.3, 0.4) is 0 Å². The van der Waals surface area contributed by atoms with Crippen molar-refractivity contribution in [2.45, 2.75) is 397 Å². The summed E-state index contributed by atoms with van der Waals surface area (Å²) in [5.74, 6) is -2.94. The van der Waals surface area contributed by atoms with Crippen molar-refractivity contribution in [1.29, 1.82) is 0 Å². The molecule has 2 rings (SSSR count). The van der Waals surface area contributed by atoms with E-state index in [1.165, 1.54) is 116 Å². The molecule has 0 saturated carbocycles. The average Bonchev–Trinajstić information content (AvgIpc) is 0.936. The number of amides is 2. The number of carbonyl (C=O) groups excluding carboxylic acids is 4. The van der Waals surface area contributed by atoms with E-state index in [0.29, 0.717) is 38.5 Å². The Morgan fingerprint density at radius 3 is 1.19 bits per heavy atom. The quantitative estimate of drug-likeness (QED) is 0.0155. The van der Waals surface area contributed by atoms with Crippen LogP contribution >= 0.6 is 7.82 Å². The third-order valence-electron chi connectivity index (χ3n) is 17.5. The number of carbonyl (C=O) groups is 4. The van der Waals surface area contributed by atoms with Crippen molar-refractivity contribution in [1.82, 2.24) is 10.6 Å². The Kier molecular flexibility index (Phi) is 49.3. The van der Waals surface area contributed by atoms with Crippen LogP contribution in [0.25, 0.3) is 0 Å². The topological polar surface area (TPSA) is 306 Å². The maximum absolute atomic E-state index is 13.9. The third kappa shape index (κ3) is 40.5. The highest BCUT2D eigenvalue weighted by Gasteiger charge is 2.53. The van der Waals surface area contributed by atoms with E-state index in [-0.39, 0.29) is 19.3 Å². The number of nitrogens with one attached hydrogen (secondary N) is 2.